The van der Waals surface area contributed by atoms with Gasteiger partial charge in [0.1, 0.15) is 0 Å². The van der Waals surface area contributed by atoms with Crippen molar-refractivity contribution >= 4 is 11.1 Å². The molecule has 0 saturated heterocycles. The van der Waals surface area contributed by atoms with E-state index in [2.05, 4.69) is 52.1 Å². The first kappa shape index (κ1) is 11.8. The number of hydrogen-bond donors (Lipinski definition) is 0. The van der Waals surface area contributed by atoms with Crippen LogP contribution < -0.4 is 0 Å². The molecule has 0 bridgehead atoms. The van der Waals surface area contributed by atoms with Crippen LogP contribution in [-0.2, 0) is 0 Å². The number of benzene rings is 1. The highest BCUT2D eigenvalue weighted by molar-refractivity contribution is 5.70. The molecule has 0 aromatic heterocycles. The summed E-state index contributed by atoms with van der Waals surface area (Å²) in [5, 5.41) is 0. The lowest BCUT2D eigenvalue weighted by molar-refractivity contribution is 0.862. The highest BCUT2D eigenvalue weighted by Crippen LogP contribution is 2.27. The molecule has 0 atom stereocenters. The Morgan fingerprint density at radius 1 is 1.07 bits per heavy atom. The van der Waals surface area contributed by atoms with Crippen LogP contribution in [0, 0.1) is 0 Å². The second kappa shape index (κ2) is 4.48. The molecule has 1 aromatic rings. The Balaban J connectivity index is 3.33. The summed E-state index contributed by atoms with van der Waals surface area (Å²) in [6, 6.07) is 6.51. The van der Waals surface area contributed by atoms with E-state index in [1.165, 1.54) is 16.7 Å². The third kappa shape index (κ3) is 2.59. The van der Waals surface area contributed by atoms with Gasteiger partial charge >= 0.3 is 0 Å². The van der Waals surface area contributed by atoms with Crippen molar-refractivity contribution < 1.29 is 0 Å². The van der Waals surface area contributed by atoms with Crippen molar-refractivity contribution in [3.8, 4) is 0 Å². The lowest BCUT2D eigenvalue weighted by Crippen LogP contribution is -1.95. The topological polar surface area (TPSA) is 0 Å². The standard InChI is InChI=1S/C15H20/c1-10(2)13-7-8-14(11(3)4)15(9-13)12(5)6/h7-9,12H,1,3H2,2,4-6H3. The lowest BCUT2D eigenvalue weighted by atomic mass is 9.90. The Morgan fingerprint density at radius 3 is 2.07 bits per heavy atom. The van der Waals surface area contributed by atoms with E-state index >= 15 is 0 Å². The summed E-state index contributed by atoms with van der Waals surface area (Å²) in [6.07, 6.45) is 0. The summed E-state index contributed by atoms with van der Waals surface area (Å²) < 4.78 is 0. The van der Waals surface area contributed by atoms with E-state index in [-0.39, 0.29) is 0 Å². The van der Waals surface area contributed by atoms with Gasteiger partial charge in [-0.25, -0.2) is 0 Å². The van der Waals surface area contributed by atoms with E-state index in [1.54, 1.807) is 0 Å². The van der Waals surface area contributed by atoms with Crippen molar-refractivity contribution in [3.05, 3.63) is 48.0 Å². The summed E-state index contributed by atoms with van der Waals surface area (Å²) in [5.41, 5.74) is 6.11. The molecule has 0 aliphatic heterocycles. The molecule has 0 heterocycles. The van der Waals surface area contributed by atoms with E-state index in [0.717, 1.165) is 11.1 Å². The van der Waals surface area contributed by atoms with Gasteiger partial charge in [0.2, 0.25) is 0 Å². The first-order valence-corrected chi connectivity index (χ1v) is 5.39. The summed E-state index contributed by atoms with van der Waals surface area (Å²) >= 11 is 0. The fraction of sp³-hybridized carbons (Fsp3) is 0.333. The van der Waals surface area contributed by atoms with Gasteiger partial charge in [-0.05, 0) is 36.5 Å². The molecule has 0 N–H and O–H groups in total. The second-order valence-electron chi connectivity index (χ2n) is 4.52. The molecule has 15 heavy (non-hydrogen) atoms. The zero-order valence-corrected chi connectivity index (χ0v) is 10.2. The van der Waals surface area contributed by atoms with E-state index in [4.69, 9.17) is 0 Å². The van der Waals surface area contributed by atoms with Gasteiger partial charge in [0, 0.05) is 0 Å². The normalized spacial score (nSPS) is 10.5. The predicted octanol–water partition coefficient (Wildman–Crippen LogP) is 4.88. The fourth-order valence-corrected chi connectivity index (χ4v) is 1.69. The largest absolute Gasteiger partial charge is 0.0955 e. The molecule has 0 amide bonds. The Kier molecular flexibility index (Phi) is 3.52. The van der Waals surface area contributed by atoms with Crippen LogP contribution in [0.1, 0.15) is 50.3 Å². The van der Waals surface area contributed by atoms with Gasteiger partial charge in [-0.1, -0.05) is 56.4 Å². The molecule has 0 nitrogen and oxygen atoms in total. The fourth-order valence-electron chi connectivity index (χ4n) is 1.69. The molecule has 1 rings (SSSR count). The maximum atomic E-state index is 4.02. The monoisotopic (exact) mass is 200 g/mol. The average molecular weight is 200 g/mol. The average Bonchev–Trinajstić information content (AvgIpc) is 2.16. The summed E-state index contributed by atoms with van der Waals surface area (Å²) in [5.74, 6) is 0.524. The summed E-state index contributed by atoms with van der Waals surface area (Å²) in [7, 11) is 0. The van der Waals surface area contributed by atoms with Gasteiger partial charge in [-0.15, -0.1) is 0 Å². The molecule has 0 saturated carbocycles. The van der Waals surface area contributed by atoms with Gasteiger partial charge in [0.05, 0.1) is 0 Å². The molecule has 0 aliphatic rings. The van der Waals surface area contributed by atoms with Crippen molar-refractivity contribution in [2.75, 3.05) is 0 Å². The van der Waals surface area contributed by atoms with E-state index in [0.29, 0.717) is 5.92 Å². The summed E-state index contributed by atoms with van der Waals surface area (Å²) in [4.78, 5) is 0. The maximum absolute atomic E-state index is 4.02. The SMILES string of the molecule is C=C(C)c1ccc(C(=C)C)c(C(C)C)c1. The minimum Gasteiger partial charge on any atom is -0.0955 e. The minimum atomic E-state index is 0.524. The van der Waals surface area contributed by atoms with Crippen molar-refractivity contribution in [1.82, 2.24) is 0 Å². The Labute approximate surface area is 93.3 Å². The molecular formula is C15H20. The first-order valence-electron chi connectivity index (χ1n) is 5.39. The van der Waals surface area contributed by atoms with Gasteiger partial charge in [-0.2, -0.15) is 0 Å². The zero-order chi connectivity index (χ0) is 11.6. The van der Waals surface area contributed by atoms with Crippen LogP contribution in [0.25, 0.3) is 11.1 Å². The van der Waals surface area contributed by atoms with Crippen molar-refractivity contribution in [1.29, 1.82) is 0 Å². The van der Waals surface area contributed by atoms with Crippen LogP contribution in [0.3, 0.4) is 0 Å². The van der Waals surface area contributed by atoms with Gasteiger partial charge < -0.3 is 0 Å². The van der Waals surface area contributed by atoms with Crippen LogP contribution in [-0.4, -0.2) is 0 Å². The Morgan fingerprint density at radius 2 is 1.67 bits per heavy atom. The molecule has 80 valence electrons. The molecule has 0 fully saturated rings. The van der Waals surface area contributed by atoms with Crippen LogP contribution in [0.4, 0.5) is 0 Å². The number of rotatable bonds is 3. The zero-order valence-electron chi connectivity index (χ0n) is 10.2. The number of hydrogen-bond acceptors (Lipinski definition) is 0. The highest BCUT2D eigenvalue weighted by atomic mass is 14.1. The van der Waals surface area contributed by atoms with Crippen LogP contribution in [0.15, 0.2) is 31.4 Å². The maximum Gasteiger partial charge on any atom is -0.0198 e. The molecule has 0 unspecified atom stereocenters. The minimum absolute atomic E-state index is 0.524. The van der Waals surface area contributed by atoms with Gasteiger partial charge in [-0.3, -0.25) is 0 Å². The molecule has 0 aliphatic carbocycles. The van der Waals surface area contributed by atoms with Crippen LogP contribution in [0.2, 0.25) is 0 Å². The van der Waals surface area contributed by atoms with Crippen molar-refractivity contribution in [2.24, 2.45) is 0 Å². The second-order valence-corrected chi connectivity index (χ2v) is 4.52. The molecular weight excluding hydrogens is 180 g/mol. The third-order valence-corrected chi connectivity index (χ3v) is 2.63. The molecule has 1 aromatic carbocycles. The molecule has 0 heteroatoms. The van der Waals surface area contributed by atoms with Gasteiger partial charge in [0.25, 0.3) is 0 Å². The molecule has 0 spiro atoms. The third-order valence-electron chi connectivity index (χ3n) is 2.63. The lowest BCUT2D eigenvalue weighted by Gasteiger charge is -2.14. The van der Waals surface area contributed by atoms with Crippen molar-refractivity contribution in [2.45, 2.75) is 33.6 Å². The van der Waals surface area contributed by atoms with Gasteiger partial charge in [0.15, 0.2) is 0 Å². The van der Waals surface area contributed by atoms with Crippen LogP contribution >= 0.6 is 0 Å². The van der Waals surface area contributed by atoms with E-state index in [1.807, 2.05) is 6.92 Å². The highest BCUT2D eigenvalue weighted by Gasteiger charge is 2.08. The summed E-state index contributed by atoms with van der Waals surface area (Å²) in [6.45, 7) is 16.5. The van der Waals surface area contributed by atoms with E-state index in [9.17, 15) is 0 Å². The van der Waals surface area contributed by atoms with Crippen LogP contribution in [0.5, 0.6) is 0 Å². The Bertz CT molecular complexity index is 394. The quantitative estimate of drug-likeness (QED) is 0.652. The molecule has 0 radical (unpaired) electrons. The first-order chi connectivity index (χ1) is 6.93. The Hall–Kier alpha value is -1.30. The van der Waals surface area contributed by atoms with E-state index < -0.39 is 0 Å². The predicted molar refractivity (Wildman–Crippen MR) is 69.9 cm³/mol. The number of allylic oxidation sites excluding steroid dienone is 2. The van der Waals surface area contributed by atoms with Crippen molar-refractivity contribution in [3.63, 3.8) is 0 Å². The smallest absolute Gasteiger partial charge is 0.0198 e.